The average molecular weight is 364 g/mol. The van der Waals surface area contributed by atoms with Gasteiger partial charge >= 0.3 is 0 Å². The van der Waals surface area contributed by atoms with Gasteiger partial charge in [0.1, 0.15) is 6.04 Å². The first-order chi connectivity index (χ1) is 11.6. The predicted octanol–water partition coefficient (Wildman–Crippen LogP) is 3.01. The van der Waals surface area contributed by atoms with E-state index in [0.29, 0.717) is 13.1 Å². The number of hydrogen-bond donors (Lipinski definition) is 2. The molecule has 0 bridgehead atoms. The number of nitrogens with two attached hydrogens (primary N) is 1. The van der Waals surface area contributed by atoms with Gasteiger partial charge < -0.3 is 10.6 Å². The molecule has 2 aromatic rings. The van der Waals surface area contributed by atoms with Crippen LogP contribution in [-0.2, 0) is 10.5 Å². The summed E-state index contributed by atoms with van der Waals surface area (Å²) >= 11 is 7.72. The molecule has 0 heterocycles. The third kappa shape index (κ3) is 6.95. The minimum atomic E-state index is 0.0797. The summed E-state index contributed by atoms with van der Waals surface area (Å²) in [5.41, 5.74) is 2.49. The molecule has 1 atom stereocenters. The molecule has 0 aromatic heterocycles. The Hall–Kier alpha value is -1.49. The molecule has 0 fully saturated rings. The number of benzene rings is 2. The maximum absolute atomic E-state index is 11.9. The second-order valence-corrected chi connectivity index (χ2v) is 7.21. The van der Waals surface area contributed by atoms with Crippen molar-refractivity contribution in [2.75, 3.05) is 18.8 Å². The van der Waals surface area contributed by atoms with E-state index < -0.39 is 0 Å². The Morgan fingerprint density at radius 1 is 1.17 bits per heavy atom. The van der Waals surface area contributed by atoms with Gasteiger partial charge in [0.15, 0.2) is 6.54 Å². The van der Waals surface area contributed by atoms with Crippen molar-refractivity contribution in [2.24, 2.45) is 0 Å². The standard InChI is InChI=1S/C19H23ClN2OS/c1-15(17-7-9-18(20)10-8-17)22-13-19(23)21-11-12-24-14-16-5-3-2-4-6-16/h2-10,15,22H,11-14H2,1H3,(H,21,23)/p+1/t15-/m0/s1. The summed E-state index contributed by atoms with van der Waals surface area (Å²) < 4.78 is 0. The summed E-state index contributed by atoms with van der Waals surface area (Å²) in [5, 5.41) is 5.74. The van der Waals surface area contributed by atoms with Crippen LogP contribution in [0.5, 0.6) is 0 Å². The first kappa shape index (κ1) is 18.8. The number of halogens is 1. The van der Waals surface area contributed by atoms with Crippen LogP contribution in [-0.4, -0.2) is 24.7 Å². The maximum atomic E-state index is 11.9. The van der Waals surface area contributed by atoms with Gasteiger partial charge in [-0.25, -0.2) is 0 Å². The van der Waals surface area contributed by atoms with Gasteiger partial charge in [0, 0.05) is 28.6 Å². The molecule has 0 saturated carbocycles. The van der Waals surface area contributed by atoms with Gasteiger partial charge in [-0.3, -0.25) is 4.79 Å². The van der Waals surface area contributed by atoms with E-state index in [1.807, 2.05) is 47.4 Å². The van der Waals surface area contributed by atoms with Gasteiger partial charge in [-0.05, 0) is 24.6 Å². The molecule has 128 valence electrons. The quantitative estimate of drug-likeness (QED) is 0.673. The SMILES string of the molecule is C[C@H]([NH2+]CC(=O)NCCSCc1ccccc1)c1ccc(Cl)cc1. The molecule has 3 nitrogen and oxygen atoms in total. The third-order valence-corrected chi connectivity index (χ3v) is 5.01. The summed E-state index contributed by atoms with van der Waals surface area (Å²) in [6.45, 7) is 3.23. The van der Waals surface area contributed by atoms with Gasteiger partial charge in [-0.15, -0.1) is 0 Å². The van der Waals surface area contributed by atoms with E-state index in [4.69, 9.17) is 11.6 Å². The summed E-state index contributed by atoms with van der Waals surface area (Å²) in [4.78, 5) is 11.9. The van der Waals surface area contributed by atoms with Crippen LogP contribution in [0.1, 0.15) is 24.1 Å². The molecule has 2 aromatic carbocycles. The number of quaternary nitrogens is 1. The molecule has 0 aliphatic rings. The fraction of sp³-hybridized carbons (Fsp3) is 0.316. The molecular weight excluding hydrogens is 340 g/mol. The molecule has 0 aliphatic heterocycles. The van der Waals surface area contributed by atoms with Crippen LogP contribution in [0.3, 0.4) is 0 Å². The summed E-state index contributed by atoms with van der Waals surface area (Å²) in [6.07, 6.45) is 0. The Balaban J connectivity index is 1.57. The summed E-state index contributed by atoms with van der Waals surface area (Å²) in [6, 6.07) is 18.4. The molecule has 0 saturated heterocycles. The first-order valence-corrected chi connectivity index (χ1v) is 9.65. The number of amides is 1. The second-order valence-electron chi connectivity index (χ2n) is 5.67. The van der Waals surface area contributed by atoms with Crippen molar-refractivity contribution in [3.63, 3.8) is 0 Å². The Kier molecular flexibility index (Phi) is 8.16. The van der Waals surface area contributed by atoms with Crippen molar-refractivity contribution >= 4 is 29.3 Å². The van der Waals surface area contributed by atoms with Crippen molar-refractivity contribution in [3.05, 3.63) is 70.7 Å². The van der Waals surface area contributed by atoms with E-state index in [0.717, 1.165) is 16.5 Å². The topological polar surface area (TPSA) is 45.7 Å². The van der Waals surface area contributed by atoms with Crippen LogP contribution in [0.2, 0.25) is 5.02 Å². The van der Waals surface area contributed by atoms with E-state index in [2.05, 4.69) is 36.5 Å². The lowest BCUT2D eigenvalue weighted by atomic mass is 10.1. The van der Waals surface area contributed by atoms with Crippen molar-refractivity contribution in [1.82, 2.24) is 5.32 Å². The van der Waals surface area contributed by atoms with Crippen molar-refractivity contribution in [2.45, 2.75) is 18.7 Å². The first-order valence-electron chi connectivity index (χ1n) is 8.12. The highest BCUT2D eigenvalue weighted by Gasteiger charge is 2.11. The van der Waals surface area contributed by atoms with Crippen molar-refractivity contribution < 1.29 is 10.1 Å². The number of carbonyl (C=O) groups is 1. The van der Waals surface area contributed by atoms with Crippen molar-refractivity contribution in [1.29, 1.82) is 0 Å². The van der Waals surface area contributed by atoms with Crippen LogP contribution in [0, 0.1) is 0 Å². The Labute approximate surface area is 153 Å². The third-order valence-electron chi connectivity index (χ3n) is 3.73. The minimum absolute atomic E-state index is 0.0797. The molecule has 0 unspecified atom stereocenters. The van der Waals surface area contributed by atoms with Crippen LogP contribution in [0.15, 0.2) is 54.6 Å². The fourth-order valence-electron chi connectivity index (χ4n) is 2.29. The van der Waals surface area contributed by atoms with Crippen LogP contribution >= 0.6 is 23.4 Å². The molecule has 0 spiro atoms. The maximum Gasteiger partial charge on any atom is 0.275 e. The number of thioether (sulfide) groups is 1. The Bertz CT molecular complexity index is 619. The normalized spacial score (nSPS) is 11.9. The van der Waals surface area contributed by atoms with Gasteiger partial charge in [0.25, 0.3) is 5.91 Å². The summed E-state index contributed by atoms with van der Waals surface area (Å²) in [7, 11) is 0. The van der Waals surface area contributed by atoms with Gasteiger partial charge in [-0.2, -0.15) is 11.8 Å². The number of carbonyl (C=O) groups excluding carboxylic acids is 1. The molecular formula is C19H24ClN2OS+. The minimum Gasteiger partial charge on any atom is -0.350 e. The molecule has 3 N–H and O–H groups in total. The number of nitrogens with one attached hydrogen (secondary N) is 1. The molecule has 0 radical (unpaired) electrons. The lowest BCUT2D eigenvalue weighted by molar-refractivity contribution is -0.682. The van der Waals surface area contributed by atoms with E-state index in [9.17, 15) is 4.79 Å². The zero-order chi connectivity index (χ0) is 17.2. The second kappa shape index (κ2) is 10.4. The highest BCUT2D eigenvalue weighted by atomic mass is 35.5. The lowest BCUT2D eigenvalue weighted by Gasteiger charge is -2.11. The average Bonchev–Trinajstić information content (AvgIpc) is 2.61. The van der Waals surface area contributed by atoms with E-state index in [1.165, 1.54) is 11.1 Å². The fourth-order valence-corrected chi connectivity index (χ4v) is 3.23. The number of rotatable bonds is 9. The van der Waals surface area contributed by atoms with Crippen LogP contribution in [0.25, 0.3) is 0 Å². The number of hydrogen-bond acceptors (Lipinski definition) is 2. The summed E-state index contributed by atoms with van der Waals surface area (Å²) in [5.74, 6) is 1.99. The van der Waals surface area contributed by atoms with Crippen LogP contribution in [0.4, 0.5) is 0 Å². The predicted molar refractivity (Wildman–Crippen MR) is 102 cm³/mol. The van der Waals surface area contributed by atoms with Crippen molar-refractivity contribution in [3.8, 4) is 0 Å². The van der Waals surface area contributed by atoms with E-state index in [-0.39, 0.29) is 11.9 Å². The van der Waals surface area contributed by atoms with Gasteiger partial charge in [0.2, 0.25) is 0 Å². The van der Waals surface area contributed by atoms with Crippen LogP contribution < -0.4 is 10.6 Å². The van der Waals surface area contributed by atoms with Gasteiger partial charge in [-0.1, -0.05) is 54.1 Å². The molecule has 5 heteroatoms. The van der Waals surface area contributed by atoms with E-state index >= 15 is 0 Å². The molecule has 24 heavy (non-hydrogen) atoms. The zero-order valence-electron chi connectivity index (χ0n) is 13.9. The van der Waals surface area contributed by atoms with E-state index in [1.54, 1.807) is 0 Å². The smallest absolute Gasteiger partial charge is 0.275 e. The highest BCUT2D eigenvalue weighted by Crippen LogP contribution is 2.13. The van der Waals surface area contributed by atoms with Gasteiger partial charge in [0.05, 0.1) is 0 Å². The lowest BCUT2D eigenvalue weighted by Crippen LogP contribution is -2.87. The Morgan fingerprint density at radius 2 is 1.88 bits per heavy atom. The largest absolute Gasteiger partial charge is 0.350 e. The Morgan fingerprint density at radius 3 is 2.58 bits per heavy atom. The highest BCUT2D eigenvalue weighted by molar-refractivity contribution is 7.98. The monoisotopic (exact) mass is 363 g/mol. The molecule has 2 rings (SSSR count). The molecule has 1 amide bonds. The molecule has 0 aliphatic carbocycles. The zero-order valence-corrected chi connectivity index (χ0v) is 15.4.